The molecule has 0 unspecified atom stereocenters. The molecule has 1 amide bonds. The number of amides is 1. The number of rotatable bonds is 5. The molecule has 0 atom stereocenters. The molecular weight excluding hydrogens is 280 g/mol. The molecule has 0 saturated carbocycles. The van der Waals surface area contributed by atoms with Gasteiger partial charge in [0.05, 0.1) is 5.69 Å². The minimum Gasteiger partial charge on any atom is -0.444 e. The van der Waals surface area contributed by atoms with Gasteiger partial charge in [0.2, 0.25) is 0 Å². The van der Waals surface area contributed by atoms with E-state index in [1.54, 1.807) is 18.2 Å². The van der Waals surface area contributed by atoms with Crippen molar-refractivity contribution >= 4 is 11.8 Å². The van der Waals surface area contributed by atoms with Gasteiger partial charge in [0.25, 0.3) is 0 Å². The maximum atomic E-state index is 12.2. The van der Waals surface area contributed by atoms with Crippen LogP contribution in [0.3, 0.4) is 0 Å². The summed E-state index contributed by atoms with van der Waals surface area (Å²) in [6.45, 7) is -2.88. The number of para-hydroxylation sites is 2. The van der Waals surface area contributed by atoms with Gasteiger partial charge in [0, 0.05) is 0 Å². The van der Waals surface area contributed by atoms with Crippen LogP contribution in [0.2, 0.25) is 0 Å². The smallest absolute Gasteiger partial charge is 0.412 e. The topological polar surface area (TPSA) is 47.6 Å². The van der Waals surface area contributed by atoms with Crippen LogP contribution in [0, 0.1) is 0 Å². The molecule has 0 bridgehead atoms. The minimum atomic E-state index is -2.96. The molecule has 2 rings (SSSR count). The second-order valence-corrected chi connectivity index (χ2v) is 4.06. The molecule has 0 aromatic heterocycles. The number of ether oxygens (including phenoxy) is 2. The SMILES string of the molecule is O=C(Nc1ccccc1OC(F)F)OCc1ccccc1. The van der Waals surface area contributed by atoms with Crippen molar-refractivity contribution in [2.24, 2.45) is 0 Å². The van der Waals surface area contributed by atoms with Crippen molar-refractivity contribution in [2.45, 2.75) is 13.2 Å². The Morgan fingerprint density at radius 1 is 1.05 bits per heavy atom. The second-order valence-electron chi connectivity index (χ2n) is 4.06. The van der Waals surface area contributed by atoms with Gasteiger partial charge in [-0.1, -0.05) is 42.5 Å². The molecule has 0 radical (unpaired) electrons. The molecule has 0 aliphatic rings. The van der Waals surface area contributed by atoms with Gasteiger partial charge in [-0.15, -0.1) is 0 Å². The Kier molecular flexibility index (Phi) is 5.09. The molecule has 1 N–H and O–H groups in total. The van der Waals surface area contributed by atoms with E-state index in [0.29, 0.717) is 0 Å². The summed E-state index contributed by atoms with van der Waals surface area (Å²) >= 11 is 0. The van der Waals surface area contributed by atoms with Crippen molar-refractivity contribution in [3.05, 3.63) is 60.2 Å². The molecule has 6 heteroatoms. The van der Waals surface area contributed by atoms with Crippen LogP contribution >= 0.6 is 0 Å². The summed E-state index contributed by atoms with van der Waals surface area (Å²) in [5.74, 6) is -0.121. The van der Waals surface area contributed by atoms with Gasteiger partial charge in [-0.25, -0.2) is 4.79 Å². The highest BCUT2D eigenvalue weighted by Gasteiger charge is 2.12. The van der Waals surface area contributed by atoms with Gasteiger partial charge in [-0.05, 0) is 17.7 Å². The third-order valence-corrected chi connectivity index (χ3v) is 2.55. The number of nitrogens with one attached hydrogen (secondary N) is 1. The average Bonchev–Trinajstić information content (AvgIpc) is 2.48. The Bertz CT molecular complexity index is 590. The van der Waals surface area contributed by atoms with Gasteiger partial charge in [0.1, 0.15) is 12.4 Å². The molecule has 2 aromatic carbocycles. The lowest BCUT2D eigenvalue weighted by Gasteiger charge is -2.11. The van der Waals surface area contributed by atoms with Crippen molar-refractivity contribution in [3.8, 4) is 5.75 Å². The maximum Gasteiger partial charge on any atom is 0.412 e. The highest BCUT2D eigenvalue weighted by molar-refractivity contribution is 5.86. The Hall–Kier alpha value is -2.63. The Morgan fingerprint density at radius 3 is 2.43 bits per heavy atom. The lowest BCUT2D eigenvalue weighted by molar-refractivity contribution is -0.0493. The zero-order valence-electron chi connectivity index (χ0n) is 11.0. The van der Waals surface area contributed by atoms with Crippen LogP contribution in [0.25, 0.3) is 0 Å². The van der Waals surface area contributed by atoms with E-state index >= 15 is 0 Å². The number of benzene rings is 2. The summed E-state index contributed by atoms with van der Waals surface area (Å²) in [4.78, 5) is 11.6. The number of carbonyl (C=O) groups excluding carboxylic acids is 1. The molecule has 2 aromatic rings. The standard InChI is InChI=1S/C15H13F2NO3/c16-14(17)21-13-9-5-4-8-12(13)18-15(19)20-10-11-6-2-1-3-7-11/h1-9,14H,10H2,(H,18,19). The van der Waals surface area contributed by atoms with E-state index in [9.17, 15) is 13.6 Å². The van der Waals surface area contributed by atoms with Crippen LogP contribution in [-0.2, 0) is 11.3 Å². The van der Waals surface area contributed by atoms with E-state index in [0.717, 1.165) is 5.56 Å². The van der Waals surface area contributed by atoms with Crippen molar-refractivity contribution in [1.29, 1.82) is 0 Å². The zero-order valence-corrected chi connectivity index (χ0v) is 11.0. The average molecular weight is 293 g/mol. The molecule has 110 valence electrons. The maximum absolute atomic E-state index is 12.2. The monoisotopic (exact) mass is 293 g/mol. The second kappa shape index (κ2) is 7.23. The fourth-order valence-electron chi connectivity index (χ4n) is 1.64. The molecule has 0 aliphatic heterocycles. The van der Waals surface area contributed by atoms with Crippen LogP contribution < -0.4 is 10.1 Å². The fraction of sp³-hybridized carbons (Fsp3) is 0.133. The normalized spacial score (nSPS) is 10.2. The number of alkyl halides is 2. The number of carbonyl (C=O) groups is 1. The molecule has 0 fully saturated rings. The van der Waals surface area contributed by atoms with E-state index in [-0.39, 0.29) is 18.0 Å². The molecule has 0 aliphatic carbocycles. The Balaban J connectivity index is 1.93. The van der Waals surface area contributed by atoms with Crippen LogP contribution in [0.15, 0.2) is 54.6 Å². The summed E-state index contributed by atoms with van der Waals surface area (Å²) in [6.07, 6.45) is -0.746. The number of hydrogen-bond acceptors (Lipinski definition) is 3. The van der Waals surface area contributed by atoms with Crippen molar-refractivity contribution < 1.29 is 23.0 Å². The first kappa shape index (κ1) is 14.8. The molecule has 21 heavy (non-hydrogen) atoms. The van der Waals surface area contributed by atoms with E-state index in [4.69, 9.17) is 4.74 Å². The fourth-order valence-corrected chi connectivity index (χ4v) is 1.64. The summed E-state index contributed by atoms with van der Waals surface area (Å²) in [7, 11) is 0. The summed E-state index contributed by atoms with van der Waals surface area (Å²) in [5, 5.41) is 2.37. The van der Waals surface area contributed by atoms with Crippen LogP contribution in [0.1, 0.15) is 5.56 Å². The van der Waals surface area contributed by atoms with Crippen molar-refractivity contribution in [1.82, 2.24) is 0 Å². The summed E-state index contributed by atoms with van der Waals surface area (Å²) < 4.78 is 33.8. The number of anilines is 1. The first-order chi connectivity index (χ1) is 10.1. The predicted octanol–water partition coefficient (Wildman–Crippen LogP) is 4.04. The number of halogens is 2. The Morgan fingerprint density at radius 2 is 1.71 bits per heavy atom. The van der Waals surface area contributed by atoms with E-state index in [1.807, 2.05) is 18.2 Å². The lowest BCUT2D eigenvalue weighted by Crippen LogP contribution is -2.15. The highest BCUT2D eigenvalue weighted by atomic mass is 19.3. The third-order valence-electron chi connectivity index (χ3n) is 2.55. The number of hydrogen-bond donors (Lipinski definition) is 1. The van der Waals surface area contributed by atoms with Gasteiger partial charge < -0.3 is 9.47 Å². The van der Waals surface area contributed by atoms with Gasteiger partial charge in [0.15, 0.2) is 0 Å². The third kappa shape index (κ3) is 4.76. The predicted molar refractivity (Wildman–Crippen MR) is 73.3 cm³/mol. The van der Waals surface area contributed by atoms with Gasteiger partial charge >= 0.3 is 12.7 Å². The molecule has 0 saturated heterocycles. The van der Waals surface area contributed by atoms with Crippen LogP contribution in [-0.4, -0.2) is 12.7 Å². The van der Waals surface area contributed by atoms with Gasteiger partial charge in [-0.2, -0.15) is 8.78 Å². The molecule has 0 spiro atoms. The minimum absolute atomic E-state index is 0.0878. The quantitative estimate of drug-likeness (QED) is 0.905. The molecule has 4 nitrogen and oxygen atoms in total. The van der Waals surface area contributed by atoms with E-state index < -0.39 is 12.7 Å². The van der Waals surface area contributed by atoms with Crippen LogP contribution in [0.4, 0.5) is 19.3 Å². The van der Waals surface area contributed by atoms with E-state index in [1.165, 1.54) is 18.2 Å². The first-order valence-corrected chi connectivity index (χ1v) is 6.16. The highest BCUT2D eigenvalue weighted by Crippen LogP contribution is 2.25. The summed E-state index contributed by atoms with van der Waals surface area (Å²) in [6, 6.07) is 15.0. The van der Waals surface area contributed by atoms with Crippen molar-refractivity contribution in [3.63, 3.8) is 0 Å². The molecule has 0 heterocycles. The lowest BCUT2D eigenvalue weighted by atomic mass is 10.2. The van der Waals surface area contributed by atoms with E-state index in [2.05, 4.69) is 10.1 Å². The van der Waals surface area contributed by atoms with Gasteiger partial charge in [-0.3, -0.25) is 5.32 Å². The first-order valence-electron chi connectivity index (χ1n) is 6.16. The summed E-state index contributed by atoms with van der Waals surface area (Å²) in [5.41, 5.74) is 0.945. The molecular formula is C15H13F2NO3. The largest absolute Gasteiger partial charge is 0.444 e. The van der Waals surface area contributed by atoms with Crippen molar-refractivity contribution in [2.75, 3.05) is 5.32 Å². The zero-order chi connectivity index (χ0) is 15.1. The Labute approximate surface area is 120 Å². The van der Waals surface area contributed by atoms with Crippen LogP contribution in [0.5, 0.6) is 5.75 Å².